The first-order valence-corrected chi connectivity index (χ1v) is 9.13. The van der Waals surface area contributed by atoms with Crippen molar-refractivity contribution in [1.82, 2.24) is 9.21 Å². The van der Waals surface area contributed by atoms with E-state index in [1.165, 1.54) is 28.6 Å². The number of carbonyl (C=O) groups excluding carboxylic acids is 1. The maximum absolute atomic E-state index is 12.6. The third kappa shape index (κ3) is 4.12. The number of hydrogen-bond donors (Lipinski definition) is 0. The molecule has 0 bridgehead atoms. The molecule has 7 nitrogen and oxygen atoms in total. The molecule has 0 N–H and O–H groups in total. The second-order valence-corrected chi connectivity index (χ2v) is 7.61. The van der Waals surface area contributed by atoms with Crippen LogP contribution in [0, 0.1) is 11.3 Å². The normalized spacial score (nSPS) is 17.3. The Balaban J connectivity index is 2.00. The molecular weight excluding hydrogens is 330 g/mol. The second-order valence-electron chi connectivity index (χ2n) is 5.67. The molecule has 1 aromatic rings. The third-order valence-electron chi connectivity index (χ3n) is 4.08. The molecule has 1 aliphatic heterocycles. The first-order valence-electron chi connectivity index (χ1n) is 7.69. The van der Waals surface area contributed by atoms with E-state index in [4.69, 9.17) is 10.00 Å². The first-order chi connectivity index (χ1) is 11.4. The van der Waals surface area contributed by atoms with E-state index in [0.717, 1.165) is 0 Å². The fraction of sp³-hybridized carbons (Fsp3) is 0.500. The van der Waals surface area contributed by atoms with Gasteiger partial charge in [-0.05, 0) is 31.2 Å². The Kier molecular flexibility index (Phi) is 5.94. The number of nitrogens with zero attached hydrogens (tertiary/aromatic N) is 3. The van der Waals surface area contributed by atoms with Crippen molar-refractivity contribution in [2.45, 2.75) is 24.3 Å². The molecule has 1 amide bonds. The largest absolute Gasteiger partial charge is 0.381 e. The summed E-state index contributed by atoms with van der Waals surface area (Å²) in [6, 6.07) is 7.80. The first kappa shape index (κ1) is 18.4. The summed E-state index contributed by atoms with van der Waals surface area (Å²) >= 11 is 0. The van der Waals surface area contributed by atoms with Gasteiger partial charge in [-0.25, -0.2) is 8.42 Å². The molecule has 0 radical (unpaired) electrons. The number of amides is 1. The number of nitriles is 1. The Morgan fingerprint density at radius 1 is 1.25 bits per heavy atom. The Morgan fingerprint density at radius 2 is 1.83 bits per heavy atom. The number of methoxy groups -OCH3 is 1. The van der Waals surface area contributed by atoms with E-state index in [-0.39, 0.29) is 30.0 Å². The topological polar surface area (TPSA) is 90.7 Å². The van der Waals surface area contributed by atoms with Gasteiger partial charge in [-0.2, -0.15) is 9.57 Å². The van der Waals surface area contributed by atoms with Crippen molar-refractivity contribution in [3.05, 3.63) is 29.8 Å². The van der Waals surface area contributed by atoms with Crippen LogP contribution >= 0.6 is 0 Å². The number of carbonyl (C=O) groups is 1. The molecule has 1 heterocycles. The van der Waals surface area contributed by atoms with Crippen LogP contribution in [-0.4, -0.2) is 62.9 Å². The molecule has 24 heavy (non-hydrogen) atoms. The number of sulfonamides is 1. The highest BCUT2D eigenvalue weighted by atomic mass is 32.2. The molecule has 2 rings (SSSR count). The lowest BCUT2D eigenvalue weighted by Gasteiger charge is -2.34. The predicted octanol–water partition coefficient (Wildman–Crippen LogP) is 0.816. The van der Waals surface area contributed by atoms with Crippen molar-refractivity contribution < 1.29 is 17.9 Å². The fourth-order valence-corrected chi connectivity index (χ4v) is 3.91. The molecule has 1 aromatic carbocycles. The summed E-state index contributed by atoms with van der Waals surface area (Å²) in [6.07, 6.45) is 0.136. The maximum atomic E-state index is 12.6. The smallest absolute Gasteiger partial charge is 0.243 e. The lowest BCUT2D eigenvalue weighted by Crippen LogP contribution is -2.50. The third-order valence-corrected chi connectivity index (χ3v) is 5.99. The van der Waals surface area contributed by atoms with Crippen LogP contribution in [0.2, 0.25) is 0 Å². The molecule has 1 unspecified atom stereocenters. The van der Waals surface area contributed by atoms with Crippen LogP contribution in [0.3, 0.4) is 0 Å². The van der Waals surface area contributed by atoms with Gasteiger partial charge >= 0.3 is 0 Å². The molecule has 0 saturated carbocycles. The molecule has 1 saturated heterocycles. The summed E-state index contributed by atoms with van der Waals surface area (Å²) in [5.74, 6) is -0.0280. The van der Waals surface area contributed by atoms with E-state index in [9.17, 15) is 13.2 Å². The highest BCUT2D eigenvalue weighted by Crippen LogP contribution is 2.18. The number of ether oxygens (including phenoxy) is 1. The zero-order valence-corrected chi connectivity index (χ0v) is 14.6. The highest BCUT2D eigenvalue weighted by Gasteiger charge is 2.30. The van der Waals surface area contributed by atoms with Crippen molar-refractivity contribution in [3.63, 3.8) is 0 Å². The van der Waals surface area contributed by atoms with Gasteiger partial charge in [-0.3, -0.25) is 4.79 Å². The van der Waals surface area contributed by atoms with E-state index in [1.54, 1.807) is 12.0 Å². The molecule has 130 valence electrons. The fourth-order valence-electron chi connectivity index (χ4n) is 2.49. The van der Waals surface area contributed by atoms with Crippen LogP contribution < -0.4 is 0 Å². The standard InChI is InChI=1S/C16H21N3O4S/c1-13(23-2)11-16(20)18-7-9-19(10-8-18)24(21,22)15-5-3-14(12-17)4-6-15/h3-6,13H,7-11H2,1-2H3. The molecule has 0 aliphatic carbocycles. The average Bonchev–Trinajstić information content (AvgIpc) is 2.61. The number of benzene rings is 1. The predicted molar refractivity (Wildman–Crippen MR) is 87.6 cm³/mol. The maximum Gasteiger partial charge on any atom is 0.243 e. The molecule has 0 spiro atoms. The van der Waals surface area contributed by atoms with E-state index < -0.39 is 10.0 Å². The van der Waals surface area contributed by atoms with Crippen molar-refractivity contribution in [2.75, 3.05) is 33.3 Å². The van der Waals surface area contributed by atoms with Gasteiger partial charge in [0.1, 0.15) is 0 Å². The summed E-state index contributed by atoms with van der Waals surface area (Å²) in [6.45, 7) is 3.07. The number of rotatable bonds is 5. The van der Waals surface area contributed by atoms with Crippen LogP contribution in [0.25, 0.3) is 0 Å². The van der Waals surface area contributed by atoms with Gasteiger partial charge in [-0.15, -0.1) is 0 Å². The number of piperazine rings is 1. The van der Waals surface area contributed by atoms with Gasteiger partial charge < -0.3 is 9.64 Å². The van der Waals surface area contributed by atoms with Crippen LogP contribution in [0.1, 0.15) is 18.9 Å². The number of hydrogen-bond acceptors (Lipinski definition) is 5. The zero-order chi connectivity index (χ0) is 17.7. The molecule has 0 aromatic heterocycles. The van der Waals surface area contributed by atoms with Gasteiger partial charge in [0.05, 0.1) is 29.1 Å². The van der Waals surface area contributed by atoms with Crippen LogP contribution in [-0.2, 0) is 19.6 Å². The SMILES string of the molecule is COC(C)CC(=O)N1CCN(S(=O)(=O)c2ccc(C#N)cc2)CC1. The molecule has 1 aliphatic rings. The Labute approximate surface area is 142 Å². The minimum absolute atomic E-state index is 0.0280. The Hall–Kier alpha value is -1.95. The Bertz CT molecular complexity index is 717. The zero-order valence-electron chi connectivity index (χ0n) is 13.8. The monoisotopic (exact) mass is 351 g/mol. The summed E-state index contributed by atoms with van der Waals surface area (Å²) in [7, 11) is -2.05. The quantitative estimate of drug-likeness (QED) is 0.783. The van der Waals surface area contributed by atoms with Crippen molar-refractivity contribution in [2.24, 2.45) is 0 Å². The van der Waals surface area contributed by atoms with E-state index in [1.807, 2.05) is 13.0 Å². The Morgan fingerprint density at radius 3 is 2.33 bits per heavy atom. The molecule has 1 fully saturated rings. The van der Waals surface area contributed by atoms with E-state index in [0.29, 0.717) is 25.1 Å². The van der Waals surface area contributed by atoms with Crippen LogP contribution in [0.5, 0.6) is 0 Å². The van der Waals surface area contributed by atoms with Gasteiger partial charge in [0.2, 0.25) is 15.9 Å². The van der Waals surface area contributed by atoms with Crippen LogP contribution in [0.15, 0.2) is 29.2 Å². The summed E-state index contributed by atoms with van der Waals surface area (Å²) in [4.78, 5) is 13.9. The lowest BCUT2D eigenvalue weighted by atomic mass is 10.2. The van der Waals surface area contributed by atoms with Gasteiger partial charge in [0.25, 0.3) is 0 Å². The highest BCUT2D eigenvalue weighted by molar-refractivity contribution is 7.89. The molecule has 1 atom stereocenters. The molecule has 8 heteroatoms. The van der Waals surface area contributed by atoms with E-state index >= 15 is 0 Å². The summed E-state index contributed by atoms with van der Waals surface area (Å²) in [5.41, 5.74) is 0.414. The van der Waals surface area contributed by atoms with Gasteiger partial charge in [0, 0.05) is 33.3 Å². The second kappa shape index (κ2) is 7.75. The van der Waals surface area contributed by atoms with Gasteiger partial charge in [0.15, 0.2) is 0 Å². The minimum Gasteiger partial charge on any atom is -0.381 e. The van der Waals surface area contributed by atoms with Crippen molar-refractivity contribution in [1.29, 1.82) is 5.26 Å². The van der Waals surface area contributed by atoms with Crippen LogP contribution in [0.4, 0.5) is 0 Å². The average molecular weight is 351 g/mol. The lowest BCUT2D eigenvalue weighted by molar-refractivity contribution is -0.134. The van der Waals surface area contributed by atoms with Gasteiger partial charge in [-0.1, -0.05) is 0 Å². The van der Waals surface area contributed by atoms with Crippen molar-refractivity contribution >= 4 is 15.9 Å². The summed E-state index contributed by atoms with van der Waals surface area (Å²) in [5, 5.41) is 8.79. The van der Waals surface area contributed by atoms with Crippen molar-refractivity contribution in [3.8, 4) is 6.07 Å². The van der Waals surface area contributed by atoms with E-state index in [2.05, 4.69) is 0 Å². The minimum atomic E-state index is -3.60. The molecular formula is C16H21N3O4S. The summed E-state index contributed by atoms with van der Waals surface area (Å²) < 4.78 is 31.7.